The van der Waals surface area contributed by atoms with Crippen molar-refractivity contribution < 1.29 is 27.6 Å². The van der Waals surface area contributed by atoms with E-state index in [1.807, 2.05) is 44.2 Å². The molecule has 53 heavy (non-hydrogen) atoms. The smallest absolute Gasteiger partial charge is 0.261 e. The minimum Gasteiger partial charge on any atom is -0.493 e. The Morgan fingerprint density at radius 3 is 1.94 bits per heavy atom. The fourth-order valence-corrected chi connectivity index (χ4v) is 12.3. The molecule has 3 aromatic carbocycles. The zero-order valence-electron chi connectivity index (χ0n) is 33.5. The van der Waals surface area contributed by atoms with Crippen molar-refractivity contribution in [3.8, 4) is 17.6 Å². The normalized spacial score (nSPS) is 16.1. The standard InChI is InChI=1S/C44H59NO6Si2/c1-42(2,3)52(9,10)51-41(22-17-29-49-53(43(4,5)6,38-18-13-11-14-19-38)39-20-15-12-16-21-39)40-30-37(50-45-40)28-25-34-23-26-36(27-24-34)46-31-35-32-47-44(7,8)48-33-35/h11-16,18-21,23-24,26-27,30,35,41H,17,22,29,31-33H2,1-10H3. The molecule has 2 heterocycles. The number of ether oxygens (including phenoxy) is 3. The van der Waals surface area contributed by atoms with Crippen LogP contribution in [0.5, 0.6) is 5.75 Å². The molecule has 1 aromatic heterocycles. The maximum Gasteiger partial charge on any atom is 0.261 e. The summed E-state index contributed by atoms with van der Waals surface area (Å²) in [5.41, 5.74) is 1.63. The van der Waals surface area contributed by atoms with Gasteiger partial charge in [0, 0.05) is 24.2 Å². The Labute approximate surface area is 320 Å². The van der Waals surface area contributed by atoms with E-state index < -0.39 is 22.4 Å². The van der Waals surface area contributed by atoms with Gasteiger partial charge in [0.25, 0.3) is 8.32 Å². The zero-order valence-corrected chi connectivity index (χ0v) is 35.5. The summed E-state index contributed by atoms with van der Waals surface area (Å²) in [6, 6.07) is 31.3. The van der Waals surface area contributed by atoms with Crippen LogP contribution in [0, 0.1) is 17.8 Å². The molecular formula is C44H59NO6Si2. The second kappa shape index (κ2) is 16.9. The van der Waals surface area contributed by atoms with Gasteiger partial charge in [0.15, 0.2) is 14.1 Å². The molecule has 0 spiro atoms. The maximum absolute atomic E-state index is 7.21. The van der Waals surface area contributed by atoms with Crippen molar-refractivity contribution in [3.05, 3.63) is 108 Å². The van der Waals surface area contributed by atoms with E-state index in [9.17, 15) is 0 Å². The topological polar surface area (TPSA) is 72.2 Å². The Morgan fingerprint density at radius 2 is 1.40 bits per heavy atom. The third-order valence-corrected chi connectivity index (χ3v) is 20.0. The lowest BCUT2D eigenvalue weighted by molar-refractivity contribution is -0.264. The number of aromatic nitrogens is 1. The van der Waals surface area contributed by atoms with Gasteiger partial charge in [-0.1, -0.05) is 113 Å². The number of rotatable bonds is 13. The van der Waals surface area contributed by atoms with Crippen LogP contribution < -0.4 is 15.1 Å². The first-order valence-corrected chi connectivity index (χ1v) is 23.7. The Hall–Kier alpha value is -3.50. The van der Waals surface area contributed by atoms with Gasteiger partial charge in [0.2, 0.25) is 5.76 Å². The summed E-state index contributed by atoms with van der Waals surface area (Å²) in [6.07, 6.45) is 1.33. The Balaban J connectivity index is 1.28. The molecule has 0 radical (unpaired) electrons. The third-order valence-electron chi connectivity index (χ3n) is 10.5. The quantitative estimate of drug-likeness (QED) is 0.0766. The summed E-state index contributed by atoms with van der Waals surface area (Å²) in [7, 11) is -4.79. The second-order valence-electron chi connectivity index (χ2n) is 17.1. The molecule has 0 saturated carbocycles. The van der Waals surface area contributed by atoms with Crippen molar-refractivity contribution in [3.63, 3.8) is 0 Å². The van der Waals surface area contributed by atoms with Gasteiger partial charge in [0.05, 0.1) is 25.9 Å². The van der Waals surface area contributed by atoms with E-state index in [2.05, 4.69) is 132 Å². The summed E-state index contributed by atoms with van der Waals surface area (Å²) in [6.45, 7) is 24.5. The molecule has 1 unspecified atom stereocenters. The maximum atomic E-state index is 7.21. The van der Waals surface area contributed by atoms with Gasteiger partial charge in [-0.25, -0.2) is 0 Å². The first-order chi connectivity index (χ1) is 25.0. The van der Waals surface area contributed by atoms with Crippen molar-refractivity contribution in [2.24, 2.45) is 5.92 Å². The van der Waals surface area contributed by atoms with Crippen LogP contribution in [0.15, 0.2) is 95.5 Å². The van der Waals surface area contributed by atoms with Crippen molar-refractivity contribution in [1.29, 1.82) is 0 Å². The molecule has 0 N–H and O–H groups in total. The van der Waals surface area contributed by atoms with Crippen LogP contribution in [0.25, 0.3) is 0 Å². The Bertz CT molecular complexity index is 1750. The zero-order chi connectivity index (χ0) is 38.3. The molecule has 284 valence electrons. The van der Waals surface area contributed by atoms with Gasteiger partial charge < -0.3 is 27.6 Å². The Morgan fingerprint density at radius 1 is 0.811 bits per heavy atom. The van der Waals surface area contributed by atoms with Gasteiger partial charge >= 0.3 is 0 Å². The lowest BCUT2D eigenvalue weighted by Gasteiger charge is -2.43. The van der Waals surface area contributed by atoms with E-state index in [-0.39, 0.29) is 22.1 Å². The average molecular weight is 754 g/mol. The predicted molar refractivity (Wildman–Crippen MR) is 218 cm³/mol. The summed E-state index contributed by atoms with van der Waals surface area (Å²) in [4.78, 5) is 0. The van der Waals surface area contributed by atoms with Crippen LogP contribution in [0.1, 0.15) is 91.4 Å². The van der Waals surface area contributed by atoms with Crippen LogP contribution in [0.3, 0.4) is 0 Å². The van der Waals surface area contributed by atoms with Crippen LogP contribution in [0.4, 0.5) is 0 Å². The van der Waals surface area contributed by atoms with E-state index in [1.54, 1.807) is 0 Å². The van der Waals surface area contributed by atoms with Crippen molar-refractivity contribution in [2.45, 2.75) is 103 Å². The molecule has 0 amide bonds. The van der Waals surface area contributed by atoms with E-state index in [4.69, 9.17) is 27.6 Å². The van der Waals surface area contributed by atoms with E-state index >= 15 is 0 Å². The van der Waals surface area contributed by atoms with Crippen LogP contribution in [-0.2, 0) is 18.3 Å². The molecule has 1 atom stereocenters. The molecule has 7 nitrogen and oxygen atoms in total. The molecule has 0 bridgehead atoms. The first kappa shape index (κ1) is 40.7. The van der Waals surface area contributed by atoms with Gasteiger partial charge in [-0.05, 0) is 90.4 Å². The SMILES string of the molecule is CC1(C)OCC(COc2ccc(C#Cc3cc(C(CCCO[Si](c4ccccc4)(c4ccccc4)C(C)(C)C)O[Si](C)(C)C(C)(C)C)no3)cc2)CO1. The summed E-state index contributed by atoms with van der Waals surface area (Å²) >= 11 is 0. The fourth-order valence-electron chi connectivity index (χ4n) is 6.36. The summed E-state index contributed by atoms with van der Waals surface area (Å²) in [5, 5.41) is 7.01. The lowest BCUT2D eigenvalue weighted by Crippen LogP contribution is -2.66. The molecule has 5 rings (SSSR count). The van der Waals surface area contributed by atoms with Gasteiger partial charge in [-0.15, -0.1) is 0 Å². The lowest BCUT2D eigenvalue weighted by atomic mass is 10.1. The Kier molecular flexibility index (Phi) is 13.0. The van der Waals surface area contributed by atoms with Crippen LogP contribution in [0.2, 0.25) is 23.2 Å². The number of benzene rings is 3. The molecule has 1 saturated heterocycles. The molecular weight excluding hydrogens is 695 g/mol. The predicted octanol–water partition coefficient (Wildman–Crippen LogP) is 9.27. The third kappa shape index (κ3) is 10.4. The first-order valence-electron chi connectivity index (χ1n) is 18.9. The van der Waals surface area contributed by atoms with Crippen molar-refractivity contribution >= 4 is 27.0 Å². The second-order valence-corrected chi connectivity index (χ2v) is 26.2. The van der Waals surface area contributed by atoms with Gasteiger partial charge in [-0.3, -0.25) is 0 Å². The number of hydrogen-bond acceptors (Lipinski definition) is 7. The summed E-state index contributed by atoms with van der Waals surface area (Å²) < 4.78 is 37.5. The van der Waals surface area contributed by atoms with Gasteiger partial charge in [-0.2, -0.15) is 0 Å². The van der Waals surface area contributed by atoms with Crippen molar-refractivity contribution in [1.82, 2.24) is 5.16 Å². The fraction of sp³-hybridized carbons (Fsp3) is 0.477. The van der Waals surface area contributed by atoms with E-state index in [0.717, 1.165) is 29.8 Å². The van der Waals surface area contributed by atoms with Gasteiger partial charge in [0.1, 0.15) is 11.4 Å². The van der Waals surface area contributed by atoms with E-state index in [0.29, 0.717) is 32.2 Å². The average Bonchev–Trinajstić information content (AvgIpc) is 3.59. The highest BCUT2D eigenvalue weighted by molar-refractivity contribution is 6.99. The molecule has 0 aliphatic carbocycles. The molecule has 1 aliphatic heterocycles. The summed E-state index contributed by atoms with van der Waals surface area (Å²) in [5.74, 6) is 7.34. The minimum absolute atomic E-state index is 0.0355. The number of nitrogens with zero attached hydrogens (tertiary/aromatic N) is 1. The van der Waals surface area contributed by atoms with Crippen LogP contribution >= 0.6 is 0 Å². The molecule has 9 heteroatoms. The highest BCUT2D eigenvalue weighted by Gasteiger charge is 2.50. The molecule has 4 aromatic rings. The minimum atomic E-state index is -2.64. The highest BCUT2D eigenvalue weighted by Crippen LogP contribution is 2.41. The van der Waals surface area contributed by atoms with Crippen molar-refractivity contribution in [2.75, 3.05) is 26.4 Å². The largest absolute Gasteiger partial charge is 0.493 e. The van der Waals surface area contributed by atoms with Crippen LogP contribution in [-0.4, -0.2) is 54.0 Å². The highest BCUT2D eigenvalue weighted by atomic mass is 28.4. The monoisotopic (exact) mass is 753 g/mol. The molecule has 1 aliphatic rings. The van der Waals surface area contributed by atoms with E-state index in [1.165, 1.54) is 10.4 Å². The number of hydrogen-bond donors (Lipinski definition) is 0. The molecule has 1 fully saturated rings.